The van der Waals surface area contributed by atoms with E-state index >= 15 is 0 Å². The van der Waals surface area contributed by atoms with Crippen molar-refractivity contribution in [2.24, 2.45) is 11.7 Å². The fraction of sp³-hybridized carbons (Fsp3) is 0.500. The smallest absolute Gasteiger partial charge is 0.128 e. The van der Waals surface area contributed by atoms with Crippen LogP contribution < -0.4 is 5.73 Å². The second kappa shape index (κ2) is 6.18. The van der Waals surface area contributed by atoms with E-state index in [1.54, 1.807) is 0 Å². The maximum Gasteiger partial charge on any atom is 0.128 e. The Hall–Kier alpha value is -1.37. The van der Waals surface area contributed by atoms with Crippen molar-refractivity contribution in [1.82, 2.24) is 4.90 Å². The third-order valence-electron chi connectivity index (χ3n) is 3.67. The highest BCUT2D eigenvalue weighted by molar-refractivity contribution is 5.37. The molecule has 0 bridgehead atoms. The van der Waals surface area contributed by atoms with Crippen molar-refractivity contribution in [1.29, 1.82) is 0 Å². The Bertz CT molecular complexity index is 501. The lowest BCUT2D eigenvalue weighted by Crippen LogP contribution is -2.27. The van der Waals surface area contributed by atoms with Gasteiger partial charge in [0.05, 0.1) is 6.54 Å². The first-order chi connectivity index (χ1) is 9.10. The van der Waals surface area contributed by atoms with Crippen LogP contribution in [-0.4, -0.2) is 24.0 Å². The van der Waals surface area contributed by atoms with Crippen LogP contribution in [0, 0.1) is 23.6 Å². The van der Waals surface area contributed by atoms with Gasteiger partial charge in [-0.3, -0.25) is 4.90 Å². The Kier molecular flexibility index (Phi) is 4.57. The number of nitrogens with zero attached hydrogens (tertiary/aromatic N) is 1. The molecule has 1 heterocycles. The number of hydrogen-bond acceptors (Lipinski definition) is 2. The molecule has 1 saturated heterocycles. The minimum atomic E-state index is -0.171. The third-order valence-corrected chi connectivity index (χ3v) is 3.67. The molecule has 0 aliphatic carbocycles. The molecule has 19 heavy (non-hydrogen) atoms. The molecule has 2 N–H and O–H groups in total. The molecule has 2 nitrogen and oxygen atoms in total. The Labute approximate surface area is 114 Å². The summed E-state index contributed by atoms with van der Waals surface area (Å²) in [4.78, 5) is 2.34. The number of nitrogens with two attached hydrogens (primary N) is 1. The first-order valence-corrected chi connectivity index (χ1v) is 6.81. The molecular weight excluding hydrogens is 239 g/mol. The molecule has 0 saturated carbocycles. The highest BCUT2D eigenvalue weighted by Crippen LogP contribution is 2.25. The molecule has 0 aromatic heterocycles. The van der Waals surface area contributed by atoms with E-state index in [2.05, 4.69) is 30.6 Å². The summed E-state index contributed by atoms with van der Waals surface area (Å²) in [5.41, 5.74) is 6.75. The van der Waals surface area contributed by atoms with Gasteiger partial charge >= 0.3 is 0 Å². The van der Waals surface area contributed by atoms with Crippen LogP contribution in [0.1, 0.15) is 31.4 Å². The van der Waals surface area contributed by atoms with Gasteiger partial charge in [-0.1, -0.05) is 24.8 Å². The Morgan fingerprint density at radius 1 is 1.42 bits per heavy atom. The summed E-state index contributed by atoms with van der Waals surface area (Å²) in [6.45, 7) is 6.49. The second-order valence-corrected chi connectivity index (χ2v) is 5.43. The van der Waals surface area contributed by atoms with Crippen LogP contribution in [0.3, 0.4) is 0 Å². The zero-order valence-corrected chi connectivity index (χ0v) is 11.6. The van der Waals surface area contributed by atoms with Gasteiger partial charge in [0, 0.05) is 30.3 Å². The molecule has 1 aromatic carbocycles. The number of halogens is 1. The molecule has 1 aliphatic rings. The van der Waals surface area contributed by atoms with Crippen LogP contribution in [0.5, 0.6) is 0 Å². The molecule has 3 heteroatoms. The maximum absolute atomic E-state index is 14.0. The lowest BCUT2D eigenvalue weighted by atomic mass is 10.1. The topological polar surface area (TPSA) is 29.3 Å². The van der Waals surface area contributed by atoms with Crippen molar-refractivity contribution in [3.8, 4) is 11.8 Å². The van der Waals surface area contributed by atoms with E-state index in [4.69, 9.17) is 5.73 Å². The van der Waals surface area contributed by atoms with E-state index < -0.39 is 0 Å². The van der Waals surface area contributed by atoms with Gasteiger partial charge in [0.2, 0.25) is 0 Å². The van der Waals surface area contributed by atoms with Crippen LogP contribution >= 0.6 is 0 Å². The van der Waals surface area contributed by atoms with Gasteiger partial charge < -0.3 is 5.73 Å². The van der Waals surface area contributed by atoms with Crippen LogP contribution in [0.4, 0.5) is 4.39 Å². The summed E-state index contributed by atoms with van der Waals surface area (Å²) >= 11 is 0. The van der Waals surface area contributed by atoms with Gasteiger partial charge in [0.25, 0.3) is 0 Å². The average molecular weight is 260 g/mol. The van der Waals surface area contributed by atoms with Crippen molar-refractivity contribution in [2.75, 3.05) is 13.1 Å². The summed E-state index contributed by atoms with van der Waals surface area (Å²) in [6, 6.07) is 5.74. The molecule has 102 valence electrons. The summed E-state index contributed by atoms with van der Waals surface area (Å²) in [6.07, 6.45) is 1.20. The van der Waals surface area contributed by atoms with E-state index in [1.165, 1.54) is 12.5 Å². The molecular formula is C16H21FN2. The number of rotatable bonds is 2. The van der Waals surface area contributed by atoms with Gasteiger partial charge in [-0.05, 0) is 31.4 Å². The van der Waals surface area contributed by atoms with E-state index in [9.17, 15) is 4.39 Å². The summed E-state index contributed by atoms with van der Waals surface area (Å²) < 4.78 is 14.0. The number of likely N-dealkylation sites (tertiary alicyclic amines) is 1. The first-order valence-electron chi connectivity index (χ1n) is 6.81. The number of benzene rings is 1. The van der Waals surface area contributed by atoms with Gasteiger partial charge in [0.15, 0.2) is 0 Å². The van der Waals surface area contributed by atoms with Gasteiger partial charge in [-0.25, -0.2) is 4.39 Å². The minimum Gasteiger partial charge on any atom is -0.320 e. The van der Waals surface area contributed by atoms with Crippen molar-refractivity contribution in [2.45, 2.75) is 32.9 Å². The van der Waals surface area contributed by atoms with Crippen LogP contribution in [0.2, 0.25) is 0 Å². The van der Waals surface area contributed by atoms with Crippen LogP contribution in [-0.2, 0) is 6.54 Å². The van der Waals surface area contributed by atoms with Crippen molar-refractivity contribution < 1.29 is 4.39 Å². The molecule has 0 spiro atoms. The quantitative estimate of drug-likeness (QED) is 0.827. The minimum absolute atomic E-state index is 0.171. The molecule has 0 radical (unpaired) electrons. The molecule has 0 amide bonds. The Balaban J connectivity index is 2.09. The van der Waals surface area contributed by atoms with Crippen molar-refractivity contribution in [3.63, 3.8) is 0 Å². The maximum atomic E-state index is 14.0. The normalized spacial score (nSPS) is 23.2. The average Bonchev–Trinajstić information content (AvgIpc) is 2.68. The Morgan fingerprint density at radius 2 is 2.21 bits per heavy atom. The summed E-state index contributed by atoms with van der Waals surface area (Å²) in [5.74, 6) is 6.12. The zero-order valence-electron chi connectivity index (χ0n) is 11.6. The van der Waals surface area contributed by atoms with E-state index in [0.29, 0.717) is 30.6 Å². The van der Waals surface area contributed by atoms with E-state index in [-0.39, 0.29) is 5.82 Å². The zero-order chi connectivity index (χ0) is 13.8. The lowest BCUT2D eigenvalue weighted by Gasteiger charge is -2.21. The fourth-order valence-electron chi connectivity index (χ4n) is 2.73. The highest BCUT2D eigenvalue weighted by atomic mass is 19.1. The third kappa shape index (κ3) is 3.56. The largest absolute Gasteiger partial charge is 0.320 e. The molecule has 1 aromatic rings. The SMILES string of the molecule is CC1CC(C)N(Cc2ccc(C#CCN)cc2F)C1. The number of hydrogen-bond donors (Lipinski definition) is 1. The monoisotopic (exact) mass is 260 g/mol. The fourth-order valence-corrected chi connectivity index (χ4v) is 2.73. The predicted octanol–water partition coefficient (Wildman–Crippen LogP) is 2.37. The predicted molar refractivity (Wildman–Crippen MR) is 76.0 cm³/mol. The van der Waals surface area contributed by atoms with Gasteiger partial charge in [0.1, 0.15) is 5.82 Å². The molecule has 1 fully saturated rings. The second-order valence-electron chi connectivity index (χ2n) is 5.43. The molecule has 2 unspecified atom stereocenters. The lowest BCUT2D eigenvalue weighted by molar-refractivity contribution is 0.253. The van der Waals surface area contributed by atoms with E-state index in [0.717, 1.165) is 12.1 Å². The van der Waals surface area contributed by atoms with Crippen molar-refractivity contribution >= 4 is 0 Å². The van der Waals surface area contributed by atoms with Crippen LogP contribution in [0.15, 0.2) is 18.2 Å². The Morgan fingerprint density at radius 3 is 2.79 bits per heavy atom. The summed E-state index contributed by atoms with van der Waals surface area (Å²) in [5, 5.41) is 0. The van der Waals surface area contributed by atoms with E-state index in [1.807, 2.05) is 12.1 Å². The first kappa shape index (κ1) is 14.0. The molecule has 2 atom stereocenters. The van der Waals surface area contributed by atoms with Gasteiger partial charge in [-0.2, -0.15) is 0 Å². The van der Waals surface area contributed by atoms with Crippen LogP contribution in [0.25, 0.3) is 0 Å². The standard InChI is InChI=1S/C16H21FN2/c1-12-8-13(2)19(10-12)11-15-6-5-14(4-3-7-18)9-16(15)17/h5-6,9,12-13H,7-8,10-11,18H2,1-2H3. The van der Waals surface area contributed by atoms with Crippen molar-refractivity contribution in [3.05, 3.63) is 35.1 Å². The summed E-state index contributed by atoms with van der Waals surface area (Å²) in [7, 11) is 0. The molecule has 1 aliphatic heterocycles. The van der Waals surface area contributed by atoms with Gasteiger partial charge in [-0.15, -0.1) is 0 Å². The highest BCUT2D eigenvalue weighted by Gasteiger charge is 2.26. The molecule has 2 rings (SSSR count).